The second-order valence-corrected chi connectivity index (χ2v) is 9.49. The van der Waals surface area contributed by atoms with Crippen LogP contribution in [0.4, 0.5) is 0 Å². The topological polar surface area (TPSA) is 39.2 Å². The zero-order valence-corrected chi connectivity index (χ0v) is 19.7. The van der Waals surface area contributed by atoms with Crippen LogP contribution in [-0.2, 0) is 18.3 Å². The fourth-order valence-electron chi connectivity index (χ4n) is 4.82. The third-order valence-electron chi connectivity index (χ3n) is 7.25. The molecule has 0 atom stereocenters. The Balaban J connectivity index is 1.57. The predicted octanol–water partition coefficient (Wildman–Crippen LogP) is 6.93. The lowest BCUT2D eigenvalue weighted by molar-refractivity contribution is 0.104. The third-order valence-corrected chi connectivity index (χ3v) is 7.25. The number of carbonyl (C=O) groups excluding carboxylic acids is 1. The van der Waals surface area contributed by atoms with Crippen LogP contribution in [0.25, 0.3) is 22.0 Å². The Bertz CT molecular complexity index is 1370. The minimum Gasteiger partial charge on any atom is -0.481 e. The Hall–Kier alpha value is -3.46. The zero-order valence-electron chi connectivity index (χ0n) is 19.7. The average Bonchev–Trinajstić information content (AvgIpc) is 2.86. The number of aromatic nitrogens is 1. The maximum Gasteiger partial charge on any atom is 0.217 e. The van der Waals surface area contributed by atoms with Crippen molar-refractivity contribution < 1.29 is 9.53 Å². The van der Waals surface area contributed by atoms with Crippen LogP contribution in [0.3, 0.4) is 0 Å². The molecule has 1 aliphatic rings. The number of ether oxygens (including phenoxy) is 1. The minimum atomic E-state index is 0.0655. The van der Waals surface area contributed by atoms with Gasteiger partial charge in [0.2, 0.25) is 5.88 Å². The van der Waals surface area contributed by atoms with Gasteiger partial charge in [-0.25, -0.2) is 4.98 Å². The molecular weight excluding hydrogens is 406 g/mol. The number of nitrogens with zero attached hydrogens (tertiary/aromatic N) is 1. The summed E-state index contributed by atoms with van der Waals surface area (Å²) < 4.78 is 5.77. The number of carbonyl (C=O) groups is 1. The van der Waals surface area contributed by atoms with Crippen molar-refractivity contribution in [1.29, 1.82) is 0 Å². The fourth-order valence-corrected chi connectivity index (χ4v) is 4.82. The van der Waals surface area contributed by atoms with Crippen molar-refractivity contribution in [3.63, 3.8) is 0 Å². The number of ketones is 1. The lowest BCUT2D eigenvalue weighted by atomic mass is 9.82. The van der Waals surface area contributed by atoms with Gasteiger partial charge in [-0.2, -0.15) is 0 Å². The van der Waals surface area contributed by atoms with E-state index < -0.39 is 0 Å². The van der Waals surface area contributed by atoms with Crippen LogP contribution in [-0.4, -0.2) is 17.9 Å². The van der Waals surface area contributed by atoms with Crippen molar-refractivity contribution >= 4 is 16.6 Å². The lowest BCUT2D eigenvalue weighted by Crippen LogP contribution is -2.15. The van der Waals surface area contributed by atoms with Gasteiger partial charge >= 0.3 is 0 Å². The van der Waals surface area contributed by atoms with E-state index in [1.807, 2.05) is 36.4 Å². The number of benzene rings is 3. The first-order chi connectivity index (χ1) is 15.9. The van der Waals surface area contributed by atoms with Gasteiger partial charge in [0.25, 0.3) is 0 Å². The summed E-state index contributed by atoms with van der Waals surface area (Å²) in [4.78, 5) is 18.1. The summed E-state index contributed by atoms with van der Waals surface area (Å²) >= 11 is 0. The summed E-state index contributed by atoms with van der Waals surface area (Å²) in [7, 11) is 1.68. The molecule has 1 aromatic heterocycles. The molecule has 3 aromatic carbocycles. The van der Waals surface area contributed by atoms with Gasteiger partial charge in [-0.15, -0.1) is 0 Å². The molecule has 33 heavy (non-hydrogen) atoms. The molecule has 3 heteroatoms. The van der Waals surface area contributed by atoms with Crippen LogP contribution in [0.15, 0.2) is 66.7 Å². The van der Waals surface area contributed by atoms with Gasteiger partial charge < -0.3 is 4.74 Å². The summed E-state index contributed by atoms with van der Waals surface area (Å²) in [5.74, 6) is 0.707. The van der Waals surface area contributed by atoms with Crippen molar-refractivity contribution in [2.45, 2.75) is 45.4 Å². The maximum absolute atomic E-state index is 13.2. The molecule has 5 rings (SSSR count). The Morgan fingerprint density at radius 1 is 0.848 bits per heavy atom. The third kappa shape index (κ3) is 3.52. The molecule has 0 bridgehead atoms. The van der Waals surface area contributed by atoms with E-state index in [1.165, 1.54) is 11.1 Å². The van der Waals surface area contributed by atoms with Crippen LogP contribution >= 0.6 is 0 Å². The maximum atomic E-state index is 13.2. The highest BCUT2D eigenvalue weighted by molar-refractivity contribution is 6.25. The molecule has 0 unspecified atom stereocenters. The Morgan fingerprint density at radius 2 is 1.55 bits per heavy atom. The monoisotopic (exact) mass is 435 g/mol. The number of aryl methyl sites for hydroxylation is 2. The highest BCUT2D eigenvalue weighted by Gasteiger charge is 2.28. The summed E-state index contributed by atoms with van der Waals surface area (Å²) in [6.07, 6.45) is 2.79. The van der Waals surface area contributed by atoms with E-state index in [4.69, 9.17) is 9.72 Å². The van der Waals surface area contributed by atoms with Crippen LogP contribution in [0.2, 0.25) is 0 Å². The molecule has 0 spiro atoms. The molecular formula is C30H29NO2. The Labute approximate surface area is 195 Å². The highest BCUT2D eigenvalue weighted by atomic mass is 16.5. The number of pyridine rings is 1. The van der Waals surface area contributed by atoms with Gasteiger partial charge in [0, 0.05) is 27.6 Å². The van der Waals surface area contributed by atoms with Crippen molar-refractivity contribution in [1.82, 2.24) is 4.98 Å². The van der Waals surface area contributed by atoms with Gasteiger partial charge in [-0.3, -0.25) is 4.79 Å². The van der Waals surface area contributed by atoms with Gasteiger partial charge in [0.15, 0.2) is 5.78 Å². The van der Waals surface area contributed by atoms with Gasteiger partial charge in [-0.05, 0) is 41.2 Å². The molecule has 3 nitrogen and oxygen atoms in total. The molecule has 0 saturated heterocycles. The zero-order chi connectivity index (χ0) is 23.2. The minimum absolute atomic E-state index is 0.0655. The molecule has 0 radical (unpaired) electrons. The number of fused-ring (bicyclic) bond motifs is 2. The van der Waals surface area contributed by atoms with E-state index in [0.717, 1.165) is 52.4 Å². The van der Waals surface area contributed by atoms with E-state index >= 15 is 0 Å². The summed E-state index contributed by atoms with van der Waals surface area (Å²) in [5, 5.41) is 2.00. The first-order valence-electron chi connectivity index (χ1n) is 11.7. The van der Waals surface area contributed by atoms with Crippen LogP contribution in [0.1, 0.15) is 59.8 Å². The average molecular weight is 436 g/mol. The smallest absolute Gasteiger partial charge is 0.217 e. The number of hydrogen-bond acceptors (Lipinski definition) is 3. The molecule has 1 aliphatic carbocycles. The molecule has 0 saturated carbocycles. The second kappa shape index (κ2) is 8.15. The lowest BCUT2D eigenvalue weighted by Gasteiger charge is -2.23. The summed E-state index contributed by atoms with van der Waals surface area (Å²) in [5.41, 5.74) is 7.04. The quantitative estimate of drug-likeness (QED) is 0.290. The molecule has 0 fully saturated rings. The van der Waals surface area contributed by atoms with Crippen molar-refractivity contribution in [2.75, 3.05) is 7.11 Å². The SMILES string of the molecule is CCC(C)(C)c1ccc(CCc2c(OC)nc3c4c(cccc24)C(=O)c2ccccc2-3)cc1. The predicted molar refractivity (Wildman–Crippen MR) is 134 cm³/mol. The van der Waals surface area contributed by atoms with Gasteiger partial charge in [0.1, 0.15) is 0 Å². The Kier molecular flexibility index (Phi) is 5.28. The van der Waals surface area contributed by atoms with Crippen molar-refractivity contribution in [2.24, 2.45) is 0 Å². The van der Waals surface area contributed by atoms with E-state index in [1.54, 1.807) is 7.11 Å². The van der Waals surface area contributed by atoms with Crippen LogP contribution in [0, 0.1) is 0 Å². The number of rotatable bonds is 6. The molecule has 166 valence electrons. The largest absolute Gasteiger partial charge is 0.481 e. The first-order valence-corrected chi connectivity index (χ1v) is 11.7. The highest BCUT2D eigenvalue weighted by Crippen LogP contribution is 2.42. The molecule has 0 aliphatic heterocycles. The van der Waals surface area contributed by atoms with Crippen LogP contribution < -0.4 is 4.74 Å². The standard InChI is InChI=1S/C30H29NO2/c1-5-30(2,3)20-16-13-19(14-17-20)15-18-24-21-11-8-12-25-26(21)27(31-29(24)33-4)22-9-6-7-10-23(22)28(25)32/h6-14,16-17H,5,15,18H2,1-4H3. The molecule has 0 amide bonds. The fraction of sp³-hybridized carbons (Fsp3) is 0.267. The number of methoxy groups -OCH3 is 1. The Morgan fingerprint density at radius 3 is 2.24 bits per heavy atom. The molecule has 4 aromatic rings. The van der Waals surface area contributed by atoms with Gasteiger partial charge in [-0.1, -0.05) is 87.5 Å². The van der Waals surface area contributed by atoms with E-state index in [0.29, 0.717) is 11.4 Å². The normalized spacial score (nSPS) is 12.7. The second-order valence-electron chi connectivity index (χ2n) is 9.49. The van der Waals surface area contributed by atoms with E-state index in [-0.39, 0.29) is 11.2 Å². The number of hydrogen-bond donors (Lipinski definition) is 0. The first kappa shape index (κ1) is 21.4. The van der Waals surface area contributed by atoms with Gasteiger partial charge in [0.05, 0.1) is 12.8 Å². The van der Waals surface area contributed by atoms with E-state index in [9.17, 15) is 4.79 Å². The summed E-state index contributed by atoms with van der Waals surface area (Å²) in [6, 6.07) is 22.7. The van der Waals surface area contributed by atoms with E-state index in [2.05, 4.69) is 51.1 Å². The molecule has 0 N–H and O–H groups in total. The van der Waals surface area contributed by atoms with Crippen molar-refractivity contribution in [3.8, 4) is 17.1 Å². The molecule has 1 heterocycles. The van der Waals surface area contributed by atoms with Crippen LogP contribution in [0.5, 0.6) is 5.88 Å². The summed E-state index contributed by atoms with van der Waals surface area (Å²) in [6.45, 7) is 6.80. The van der Waals surface area contributed by atoms with Crippen molar-refractivity contribution in [3.05, 3.63) is 94.5 Å².